The molecule has 1 rings (SSSR count). The lowest BCUT2D eigenvalue weighted by atomic mass is 10.2. The first-order valence-corrected chi connectivity index (χ1v) is 6.43. The molecule has 5 nitrogen and oxygen atoms in total. The van der Waals surface area contributed by atoms with Gasteiger partial charge < -0.3 is 15.7 Å². The normalized spacial score (nSPS) is 11.8. The molecule has 104 valence electrons. The summed E-state index contributed by atoms with van der Waals surface area (Å²) in [4.78, 5) is 22.4. The first kappa shape index (κ1) is 15.9. The van der Waals surface area contributed by atoms with Gasteiger partial charge in [0, 0.05) is 0 Å². The Morgan fingerprint density at radius 2 is 1.79 bits per heavy atom. The SMILES string of the molecule is CCC(NC(=O)Nc1cc(Cl)c(Cl)cc1Cl)C(=O)O. The molecule has 19 heavy (non-hydrogen) atoms. The highest BCUT2D eigenvalue weighted by Gasteiger charge is 2.18. The summed E-state index contributed by atoms with van der Waals surface area (Å²) in [6, 6.07) is 1.11. The molecule has 1 aromatic rings. The van der Waals surface area contributed by atoms with Crippen molar-refractivity contribution in [3.63, 3.8) is 0 Å². The van der Waals surface area contributed by atoms with E-state index in [-0.39, 0.29) is 27.2 Å². The van der Waals surface area contributed by atoms with Gasteiger partial charge in [-0.2, -0.15) is 0 Å². The van der Waals surface area contributed by atoms with Gasteiger partial charge in [-0.15, -0.1) is 0 Å². The third kappa shape index (κ3) is 4.45. The molecule has 0 aliphatic heterocycles. The number of urea groups is 1. The molecule has 0 aliphatic carbocycles. The van der Waals surface area contributed by atoms with E-state index in [2.05, 4.69) is 10.6 Å². The summed E-state index contributed by atoms with van der Waals surface area (Å²) in [5, 5.41) is 14.2. The number of hydrogen-bond donors (Lipinski definition) is 3. The summed E-state index contributed by atoms with van der Waals surface area (Å²) >= 11 is 17.4. The second-order valence-corrected chi connectivity index (χ2v) is 4.87. The van der Waals surface area contributed by atoms with Crippen molar-refractivity contribution in [2.45, 2.75) is 19.4 Å². The molecule has 1 aromatic carbocycles. The Labute approximate surface area is 124 Å². The van der Waals surface area contributed by atoms with Gasteiger partial charge in [-0.1, -0.05) is 41.7 Å². The largest absolute Gasteiger partial charge is 0.480 e. The predicted molar refractivity (Wildman–Crippen MR) is 75.3 cm³/mol. The lowest BCUT2D eigenvalue weighted by molar-refractivity contribution is -0.139. The van der Waals surface area contributed by atoms with Crippen LogP contribution in [0, 0.1) is 0 Å². The lowest BCUT2D eigenvalue weighted by Gasteiger charge is -2.14. The second kappa shape index (κ2) is 6.84. The molecule has 0 aliphatic rings. The second-order valence-electron chi connectivity index (χ2n) is 3.64. The Bertz CT molecular complexity index is 508. The number of nitrogens with one attached hydrogen (secondary N) is 2. The molecule has 0 aromatic heterocycles. The molecule has 0 saturated carbocycles. The van der Waals surface area contributed by atoms with Crippen LogP contribution in [0.2, 0.25) is 15.1 Å². The molecule has 0 radical (unpaired) electrons. The molecule has 0 saturated heterocycles. The Balaban J connectivity index is 2.77. The Hall–Kier alpha value is -1.17. The van der Waals surface area contributed by atoms with Crippen molar-refractivity contribution in [3.8, 4) is 0 Å². The van der Waals surface area contributed by atoms with Crippen molar-refractivity contribution >= 4 is 52.5 Å². The molecule has 8 heteroatoms. The van der Waals surface area contributed by atoms with Crippen LogP contribution in [0.15, 0.2) is 12.1 Å². The lowest BCUT2D eigenvalue weighted by Crippen LogP contribution is -2.42. The minimum atomic E-state index is -1.11. The summed E-state index contributed by atoms with van der Waals surface area (Å²) in [5.41, 5.74) is 0.244. The molecular formula is C11H11Cl3N2O3. The molecule has 3 N–H and O–H groups in total. The van der Waals surface area contributed by atoms with Crippen LogP contribution in [0.5, 0.6) is 0 Å². The molecule has 0 spiro atoms. The van der Waals surface area contributed by atoms with Crippen molar-refractivity contribution in [1.29, 1.82) is 0 Å². The van der Waals surface area contributed by atoms with Crippen LogP contribution >= 0.6 is 34.8 Å². The fourth-order valence-electron chi connectivity index (χ4n) is 1.27. The number of amides is 2. The van der Waals surface area contributed by atoms with Crippen LogP contribution < -0.4 is 10.6 Å². The van der Waals surface area contributed by atoms with Gasteiger partial charge in [-0.25, -0.2) is 9.59 Å². The van der Waals surface area contributed by atoms with Crippen molar-refractivity contribution in [1.82, 2.24) is 5.32 Å². The number of carboxylic acids is 1. The zero-order chi connectivity index (χ0) is 14.6. The smallest absolute Gasteiger partial charge is 0.326 e. The predicted octanol–water partition coefficient (Wildman–Crippen LogP) is 3.63. The summed E-state index contributed by atoms with van der Waals surface area (Å²) < 4.78 is 0. The van der Waals surface area contributed by atoms with E-state index in [9.17, 15) is 9.59 Å². The van der Waals surface area contributed by atoms with Crippen LogP contribution in [0.1, 0.15) is 13.3 Å². The Morgan fingerprint density at radius 3 is 2.32 bits per heavy atom. The van der Waals surface area contributed by atoms with E-state index in [4.69, 9.17) is 39.9 Å². The van der Waals surface area contributed by atoms with Crippen LogP contribution in [0.3, 0.4) is 0 Å². The minimum absolute atomic E-state index is 0.202. The maximum atomic E-state index is 11.6. The quantitative estimate of drug-likeness (QED) is 0.740. The van der Waals surface area contributed by atoms with Crippen LogP contribution in [0.4, 0.5) is 10.5 Å². The number of carbonyl (C=O) groups excluding carboxylic acids is 1. The van der Waals surface area contributed by atoms with Gasteiger partial charge in [-0.3, -0.25) is 0 Å². The number of benzene rings is 1. The highest BCUT2D eigenvalue weighted by atomic mass is 35.5. The van der Waals surface area contributed by atoms with Crippen molar-refractivity contribution in [3.05, 3.63) is 27.2 Å². The van der Waals surface area contributed by atoms with Crippen LogP contribution in [-0.4, -0.2) is 23.1 Å². The number of anilines is 1. The maximum Gasteiger partial charge on any atom is 0.326 e. The fourth-order valence-corrected chi connectivity index (χ4v) is 1.87. The van der Waals surface area contributed by atoms with E-state index in [1.54, 1.807) is 6.92 Å². The van der Waals surface area contributed by atoms with E-state index in [1.165, 1.54) is 12.1 Å². The third-order valence-electron chi connectivity index (χ3n) is 2.27. The first-order valence-electron chi connectivity index (χ1n) is 5.30. The molecule has 1 atom stereocenters. The number of aliphatic carboxylic acids is 1. The maximum absolute atomic E-state index is 11.6. The summed E-state index contributed by atoms with van der Waals surface area (Å²) in [7, 11) is 0. The van der Waals surface area contributed by atoms with E-state index < -0.39 is 18.0 Å². The van der Waals surface area contributed by atoms with Gasteiger partial charge in [0.1, 0.15) is 6.04 Å². The van der Waals surface area contributed by atoms with Crippen molar-refractivity contribution in [2.24, 2.45) is 0 Å². The minimum Gasteiger partial charge on any atom is -0.480 e. The number of carbonyl (C=O) groups is 2. The zero-order valence-corrected chi connectivity index (χ0v) is 12.1. The fraction of sp³-hybridized carbons (Fsp3) is 0.273. The van der Waals surface area contributed by atoms with Crippen molar-refractivity contribution in [2.75, 3.05) is 5.32 Å². The summed E-state index contributed by atoms with van der Waals surface area (Å²) in [6.07, 6.45) is 0.262. The van der Waals surface area contributed by atoms with Gasteiger partial charge in [0.2, 0.25) is 0 Å². The Morgan fingerprint density at radius 1 is 1.21 bits per heavy atom. The van der Waals surface area contributed by atoms with E-state index >= 15 is 0 Å². The van der Waals surface area contributed by atoms with Crippen LogP contribution in [0.25, 0.3) is 0 Å². The standard InChI is InChI=1S/C11H11Cl3N2O3/c1-2-8(10(17)18)15-11(19)16-9-4-6(13)5(12)3-7(9)14/h3-4,8H,2H2,1H3,(H,17,18)(H2,15,16,19). The van der Waals surface area contributed by atoms with Gasteiger partial charge in [0.25, 0.3) is 0 Å². The van der Waals surface area contributed by atoms with E-state index in [1.807, 2.05) is 0 Å². The topological polar surface area (TPSA) is 78.4 Å². The average Bonchev–Trinajstić information content (AvgIpc) is 2.32. The molecule has 1 unspecified atom stereocenters. The molecule has 0 heterocycles. The van der Waals surface area contributed by atoms with E-state index in [0.717, 1.165) is 0 Å². The molecular weight excluding hydrogens is 314 g/mol. The number of rotatable bonds is 4. The zero-order valence-electron chi connectivity index (χ0n) is 9.84. The molecule has 0 fully saturated rings. The van der Waals surface area contributed by atoms with Gasteiger partial charge in [0.15, 0.2) is 0 Å². The summed E-state index contributed by atoms with van der Waals surface area (Å²) in [6.45, 7) is 1.64. The van der Waals surface area contributed by atoms with Gasteiger partial charge in [0.05, 0.1) is 20.8 Å². The van der Waals surface area contributed by atoms with Crippen LogP contribution in [-0.2, 0) is 4.79 Å². The van der Waals surface area contributed by atoms with Gasteiger partial charge >= 0.3 is 12.0 Å². The highest BCUT2D eigenvalue weighted by molar-refractivity contribution is 6.44. The number of hydrogen-bond acceptors (Lipinski definition) is 2. The van der Waals surface area contributed by atoms with Gasteiger partial charge in [-0.05, 0) is 18.6 Å². The highest BCUT2D eigenvalue weighted by Crippen LogP contribution is 2.32. The number of carboxylic acid groups (broad SMARTS) is 1. The first-order chi connectivity index (χ1) is 8.85. The van der Waals surface area contributed by atoms with Crippen molar-refractivity contribution < 1.29 is 14.7 Å². The monoisotopic (exact) mass is 324 g/mol. The number of halogens is 3. The summed E-state index contributed by atoms with van der Waals surface area (Å²) in [5.74, 6) is -1.11. The Kier molecular flexibility index (Phi) is 5.72. The van der Waals surface area contributed by atoms with E-state index in [0.29, 0.717) is 0 Å². The third-order valence-corrected chi connectivity index (χ3v) is 3.30. The molecule has 0 bridgehead atoms. The molecule has 2 amide bonds. The average molecular weight is 326 g/mol.